The van der Waals surface area contributed by atoms with Crippen molar-refractivity contribution in [1.29, 1.82) is 0 Å². The minimum absolute atomic E-state index is 0.0286. The Balaban J connectivity index is 2.81. The van der Waals surface area contributed by atoms with E-state index in [2.05, 4.69) is 5.32 Å². The minimum Gasteiger partial charge on any atom is -0.494 e. The Morgan fingerprint density at radius 3 is 2.55 bits per heavy atom. The lowest BCUT2D eigenvalue weighted by atomic mass is 10.1. The molecule has 0 heterocycles. The molecular formula is C15H19NO4. The Labute approximate surface area is 118 Å². The van der Waals surface area contributed by atoms with E-state index in [9.17, 15) is 9.59 Å². The van der Waals surface area contributed by atoms with Crippen LogP contribution in [0.1, 0.15) is 27.2 Å². The normalized spacial score (nSPS) is 11.6. The van der Waals surface area contributed by atoms with Crippen LogP contribution in [0.15, 0.2) is 35.4 Å². The first-order valence-corrected chi connectivity index (χ1v) is 6.40. The fraction of sp³-hybridized carbons (Fsp3) is 0.333. The molecule has 1 amide bonds. The first kappa shape index (κ1) is 15.8. The van der Waals surface area contributed by atoms with Gasteiger partial charge in [0.25, 0.3) is 5.91 Å². The van der Waals surface area contributed by atoms with Gasteiger partial charge in [-0.15, -0.1) is 0 Å². The van der Waals surface area contributed by atoms with E-state index in [1.807, 2.05) is 6.92 Å². The number of anilines is 1. The summed E-state index contributed by atoms with van der Waals surface area (Å²) < 4.78 is 5.47. The van der Waals surface area contributed by atoms with Gasteiger partial charge in [-0.3, -0.25) is 4.79 Å². The zero-order valence-corrected chi connectivity index (χ0v) is 11.9. The molecule has 0 atom stereocenters. The number of rotatable bonds is 6. The molecule has 0 unspecified atom stereocenters. The first-order chi connectivity index (χ1) is 9.45. The van der Waals surface area contributed by atoms with Gasteiger partial charge in [0.2, 0.25) is 0 Å². The molecule has 1 rings (SSSR count). The van der Waals surface area contributed by atoms with Crippen molar-refractivity contribution in [3.05, 3.63) is 35.4 Å². The SMILES string of the molecule is CCCOc1cccc(NC(=O)C(C)=C(C)C(=O)O)c1. The van der Waals surface area contributed by atoms with Crippen LogP contribution < -0.4 is 10.1 Å². The predicted molar refractivity (Wildman–Crippen MR) is 76.9 cm³/mol. The summed E-state index contributed by atoms with van der Waals surface area (Å²) in [7, 11) is 0. The number of hydrogen-bond acceptors (Lipinski definition) is 3. The van der Waals surface area contributed by atoms with Crippen molar-refractivity contribution in [2.24, 2.45) is 0 Å². The van der Waals surface area contributed by atoms with Crippen molar-refractivity contribution in [2.75, 3.05) is 11.9 Å². The largest absolute Gasteiger partial charge is 0.494 e. The van der Waals surface area contributed by atoms with E-state index in [4.69, 9.17) is 9.84 Å². The highest BCUT2D eigenvalue weighted by molar-refractivity contribution is 6.08. The van der Waals surface area contributed by atoms with E-state index in [1.54, 1.807) is 24.3 Å². The summed E-state index contributed by atoms with van der Waals surface area (Å²) in [5, 5.41) is 11.5. The molecule has 0 aromatic heterocycles. The van der Waals surface area contributed by atoms with Gasteiger partial charge in [0, 0.05) is 22.9 Å². The highest BCUT2D eigenvalue weighted by Crippen LogP contribution is 2.18. The van der Waals surface area contributed by atoms with Gasteiger partial charge in [0.15, 0.2) is 0 Å². The number of benzene rings is 1. The molecule has 0 aliphatic rings. The number of ether oxygens (including phenoxy) is 1. The lowest BCUT2D eigenvalue weighted by Gasteiger charge is -2.09. The van der Waals surface area contributed by atoms with Gasteiger partial charge in [-0.25, -0.2) is 4.79 Å². The highest BCUT2D eigenvalue weighted by Gasteiger charge is 2.12. The quantitative estimate of drug-likeness (QED) is 0.784. The fourth-order valence-electron chi connectivity index (χ4n) is 1.44. The Bertz CT molecular complexity index is 534. The van der Waals surface area contributed by atoms with Gasteiger partial charge in [-0.05, 0) is 32.4 Å². The Hall–Kier alpha value is -2.30. The van der Waals surface area contributed by atoms with E-state index < -0.39 is 11.9 Å². The van der Waals surface area contributed by atoms with E-state index in [1.165, 1.54) is 13.8 Å². The maximum atomic E-state index is 11.9. The highest BCUT2D eigenvalue weighted by atomic mass is 16.5. The van der Waals surface area contributed by atoms with Gasteiger partial charge in [0.05, 0.1) is 6.61 Å². The van der Waals surface area contributed by atoms with E-state index in [-0.39, 0.29) is 11.1 Å². The number of aliphatic carboxylic acids is 1. The monoisotopic (exact) mass is 277 g/mol. The van der Waals surface area contributed by atoms with E-state index >= 15 is 0 Å². The second kappa shape index (κ2) is 7.33. The molecule has 0 saturated heterocycles. The van der Waals surface area contributed by atoms with Crippen LogP contribution in [0, 0.1) is 0 Å². The Morgan fingerprint density at radius 1 is 1.25 bits per heavy atom. The van der Waals surface area contributed by atoms with Crippen LogP contribution in [0.5, 0.6) is 5.75 Å². The predicted octanol–water partition coefficient (Wildman–Crippen LogP) is 2.83. The van der Waals surface area contributed by atoms with Crippen LogP contribution in [0.25, 0.3) is 0 Å². The molecule has 0 radical (unpaired) electrons. The molecule has 2 N–H and O–H groups in total. The lowest BCUT2D eigenvalue weighted by molar-refractivity contribution is -0.133. The van der Waals surface area contributed by atoms with Gasteiger partial charge in [0.1, 0.15) is 5.75 Å². The topological polar surface area (TPSA) is 75.6 Å². The molecule has 0 aliphatic carbocycles. The van der Waals surface area contributed by atoms with Crippen molar-refractivity contribution in [3.8, 4) is 5.75 Å². The summed E-state index contributed by atoms with van der Waals surface area (Å²) in [6.45, 7) is 5.50. The minimum atomic E-state index is -1.10. The number of nitrogens with one attached hydrogen (secondary N) is 1. The lowest BCUT2D eigenvalue weighted by Crippen LogP contribution is -2.16. The molecule has 20 heavy (non-hydrogen) atoms. The molecule has 5 nitrogen and oxygen atoms in total. The van der Waals surface area contributed by atoms with Crippen LogP contribution in [0.2, 0.25) is 0 Å². The van der Waals surface area contributed by atoms with E-state index in [0.717, 1.165) is 6.42 Å². The molecule has 1 aromatic carbocycles. The number of hydrogen-bond donors (Lipinski definition) is 2. The van der Waals surface area contributed by atoms with E-state index in [0.29, 0.717) is 18.0 Å². The van der Waals surface area contributed by atoms with Crippen LogP contribution >= 0.6 is 0 Å². The van der Waals surface area contributed by atoms with Gasteiger partial charge in [-0.2, -0.15) is 0 Å². The van der Waals surface area contributed by atoms with Crippen molar-refractivity contribution < 1.29 is 19.4 Å². The van der Waals surface area contributed by atoms with Crippen LogP contribution in [-0.2, 0) is 9.59 Å². The first-order valence-electron chi connectivity index (χ1n) is 6.40. The summed E-state index contributed by atoms with van der Waals surface area (Å²) in [6, 6.07) is 7.00. The molecule has 0 saturated carbocycles. The van der Waals surface area contributed by atoms with Crippen LogP contribution in [-0.4, -0.2) is 23.6 Å². The maximum absolute atomic E-state index is 11.9. The van der Waals surface area contributed by atoms with Crippen molar-refractivity contribution >= 4 is 17.6 Å². The summed E-state index contributed by atoms with van der Waals surface area (Å²) in [5.41, 5.74) is 0.777. The maximum Gasteiger partial charge on any atom is 0.331 e. The molecule has 0 fully saturated rings. The molecule has 108 valence electrons. The summed E-state index contributed by atoms with van der Waals surface area (Å²) >= 11 is 0. The number of carboxylic acid groups (broad SMARTS) is 1. The number of amides is 1. The molecule has 0 spiro atoms. The van der Waals surface area contributed by atoms with Crippen molar-refractivity contribution in [2.45, 2.75) is 27.2 Å². The molecule has 5 heteroatoms. The average molecular weight is 277 g/mol. The van der Waals surface area contributed by atoms with Gasteiger partial charge in [-0.1, -0.05) is 13.0 Å². The smallest absolute Gasteiger partial charge is 0.331 e. The summed E-state index contributed by atoms with van der Waals surface area (Å²) in [6.07, 6.45) is 0.899. The Morgan fingerprint density at radius 2 is 1.95 bits per heavy atom. The molecular weight excluding hydrogens is 258 g/mol. The van der Waals surface area contributed by atoms with Crippen LogP contribution in [0.3, 0.4) is 0 Å². The zero-order valence-electron chi connectivity index (χ0n) is 11.9. The van der Waals surface area contributed by atoms with Gasteiger partial charge >= 0.3 is 5.97 Å². The second-order valence-electron chi connectivity index (χ2n) is 4.39. The third kappa shape index (κ3) is 4.42. The van der Waals surface area contributed by atoms with Crippen molar-refractivity contribution in [1.82, 2.24) is 0 Å². The number of carboxylic acids is 1. The molecule has 1 aromatic rings. The number of carbonyl (C=O) groups excluding carboxylic acids is 1. The average Bonchev–Trinajstić information content (AvgIpc) is 2.43. The van der Waals surface area contributed by atoms with Crippen LogP contribution in [0.4, 0.5) is 5.69 Å². The van der Waals surface area contributed by atoms with Gasteiger partial charge < -0.3 is 15.2 Å². The number of carbonyl (C=O) groups is 2. The molecule has 0 aliphatic heterocycles. The molecule has 0 bridgehead atoms. The third-order valence-corrected chi connectivity index (χ3v) is 2.79. The third-order valence-electron chi connectivity index (χ3n) is 2.79. The standard InChI is InChI=1S/C15H19NO4/c1-4-8-20-13-7-5-6-12(9-13)16-14(17)10(2)11(3)15(18)19/h5-7,9H,4,8H2,1-3H3,(H,16,17)(H,18,19). The Kier molecular flexibility index (Phi) is 5.77. The zero-order chi connectivity index (χ0) is 15.1. The summed E-state index contributed by atoms with van der Waals surface area (Å²) in [5.74, 6) is -0.864. The van der Waals surface area contributed by atoms with Crippen molar-refractivity contribution in [3.63, 3.8) is 0 Å². The summed E-state index contributed by atoms with van der Waals surface area (Å²) in [4.78, 5) is 22.7. The fourth-order valence-corrected chi connectivity index (χ4v) is 1.44. The second-order valence-corrected chi connectivity index (χ2v) is 4.39.